The van der Waals surface area contributed by atoms with Crippen molar-refractivity contribution in [3.63, 3.8) is 0 Å². The lowest BCUT2D eigenvalue weighted by molar-refractivity contribution is 0.138. The molecule has 2 aliphatic heterocycles. The highest BCUT2D eigenvalue weighted by molar-refractivity contribution is 7.88. The predicted molar refractivity (Wildman–Crippen MR) is 131 cm³/mol. The average Bonchev–Trinajstić information content (AvgIpc) is 3.24. The second-order valence-corrected chi connectivity index (χ2v) is 11.4. The zero-order chi connectivity index (χ0) is 23.6. The van der Waals surface area contributed by atoms with Crippen molar-refractivity contribution in [2.24, 2.45) is 0 Å². The molecule has 0 radical (unpaired) electrons. The lowest BCUT2D eigenvalue weighted by Crippen LogP contribution is -2.53. The molecule has 2 atom stereocenters. The topological polar surface area (TPSA) is 64.2 Å². The number of rotatable bonds is 5. The molecule has 2 heterocycles. The first-order chi connectivity index (χ1) is 15.7. The van der Waals surface area contributed by atoms with Gasteiger partial charge in [-0.15, -0.1) is 0 Å². The van der Waals surface area contributed by atoms with E-state index in [0.29, 0.717) is 39.3 Å². The lowest BCUT2D eigenvalue weighted by Gasteiger charge is -2.35. The number of carbonyl (C=O) groups is 1. The van der Waals surface area contributed by atoms with Crippen molar-refractivity contribution in [1.82, 2.24) is 19.0 Å². The third-order valence-electron chi connectivity index (χ3n) is 6.65. The van der Waals surface area contributed by atoms with Crippen LogP contribution in [0.3, 0.4) is 0 Å². The molecule has 0 bridgehead atoms. The van der Waals surface area contributed by atoms with Crippen LogP contribution in [0, 0.1) is 0 Å². The molecule has 2 amide bonds. The normalized spacial score (nSPS) is 22.2. The molecule has 7 nitrogen and oxygen atoms in total. The Bertz CT molecular complexity index is 1070. The van der Waals surface area contributed by atoms with Gasteiger partial charge in [0.1, 0.15) is 0 Å². The highest BCUT2D eigenvalue weighted by Gasteiger charge is 2.40. The van der Waals surface area contributed by atoms with Gasteiger partial charge in [0.2, 0.25) is 10.0 Å². The number of halogens is 1. The molecular formula is C24H31ClN4O3S. The molecule has 2 aromatic carbocycles. The number of likely N-dealkylation sites (tertiary alicyclic amines) is 1. The van der Waals surface area contributed by atoms with Crippen LogP contribution in [0.4, 0.5) is 4.79 Å². The second-order valence-electron chi connectivity index (χ2n) is 8.97. The maximum absolute atomic E-state index is 13.4. The van der Waals surface area contributed by atoms with Crippen LogP contribution >= 0.6 is 11.6 Å². The first kappa shape index (κ1) is 24.0. The van der Waals surface area contributed by atoms with Gasteiger partial charge in [-0.1, -0.05) is 54.1 Å². The number of amides is 2. The summed E-state index contributed by atoms with van der Waals surface area (Å²) in [6.45, 7) is 3.53. The van der Waals surface area contributed by atoms with Gasteiger partial charge in [0, 0.05) is 62.8 Å². The first-order valence-electron chi connectivity index (χ1n) is 11.2. The van der Waals surface area contributed by atoms with E-state index in [-0.39, 0.29) is 18.0 Å². The summed E-state index contributed by atoms with van der Waals surface area (Å²) < 4.78 is 25.1. The Morgan fingerprint density at radius 1 is 1.00 bits per heavy atom. The summed E-state index contributed by atoms with van der Waals surface area (Å²) in [5, 5.41) is 0.719. The Morgan fingerprint density at radius 2 is 1.70 bits per heavy atom. The van der Waals surface area contributed by atoms with Crippen molar-refractivity contribution in [2.75, 3.05) is 52.6 Å². The van der Waals surface area contributed by atoms with Crippen LogP contribution in [0.5, 0.6) is 0 Å². The molecule has 0 aliphatic carbocycles. The fourth-order valence-corrected chi connectivity index (χ4v) is 5.91. The fourth-order valence-electron chi connectivity index (χ4n) is 4.87. The molecule has 0 saturated carbocycles. The summed E-state index contributed by atoms with van der Waals surface area (Å²) in [6.07, 6.45) is 1.22. The largest absolute Gasteiger partial charge is 0.322 e. The number of hydrogen-bond acceptors (Lipinski definition) is 4. The van der Waals surface area contributed by atoms with Gasteiger partial charge in [-0.25, -0.2) is 13.2 Å². The van der Waals surface area contributed by atoms with E-state index in [1.807, 2.05) is 41.3 Å². The average molecular weight is 491 g/mol. The molecule has 0 aromatic heterocycles. The van der Waals surface area contributed by atoms with E-state index in [1.54, 1.807) is 4.90 Å². The summed E-state index contributed by atoms with van der Waals surface area (Å²) >= 11 is 6.18. The minimum absolute atomic E-state index is 0.0114. The van der Waals surface area contributed by atoms with Crippen molar-refractivity contribution in [3.05, 3.63) is 70.7 Å². The first-order valence-corrected chi connectivity index (χ1v) is 13.4. The van der Waals surface area contributed by atoms with E-state index in [2.05, 4.69) is 30.1 Å². The molecular weight excluding hydrogens is 460 g/mol. The van der Waals surface area contributed by atoms with Gasteiger partial charge in [0.05, 0.1) is 6.26 Å². The molecule has 2 saturated heterocycles. The van der Waals surface area contributed by atoms with Crippen molar-refractivity contribution in [2.45, 2.75) is 18.5 Å². The third-order valence-corrected chi connectivity index (χ3v) is 8.19. The van der Waals surface area contributed by atoms with Gasteiger partial charge in [-0.2, -0.15) is 4.31 Å². The quantitative estimate of drug-likeness (QED) is 0.646. The Labute approximate surface area is 201 Å². The highest BCUT2D eigenvalue weighted by atomic mass is 35.5. The van der Waals surface area contributed by atoms with E-state index in [4.69, 9.17) is 11.6 Å². The fraction of sp³-hybridized carbons (Fsp3) is 0.458. The van der Waals surface area contributed by atoms with E-state index in [1.165, 1.54) is 16.1 Å². The van der Waals surface area contributed by atoms with Crippen molar-refractivity contribution >= 4 is 27.7 Å². The molecule has 178 valence electrons. The SMILES string of the molecule is CN(Cc1cccc(Cl)c1)C1CN(C(=O)N2CCN(S(C)(=O)=O)CC2)C[C@@H]1c1ccccc1. The highest BCUT2D eigenvalue weighted by Crippen LogP contribution is 2.32. The zero-order valence-electron chi connectivity index (χ0n) is 19.1. The number of likely N-dealkylation sites (N-methyl/N-ethyl adjacent to an activating group) is 1. The number of sulfonamides is 1. The molecule has 2 aromatic rings. The van der Waals surface area contributed by atoms with Crippen LogP contribution in [0.2, 0.25) is 5.02 Å². The molecule has 33 heavy (non-hydrogen) atoms. The van der Waals surface area contributed by atoms with Crippen LogP contribution < -0.4 is 0 Å². The molecule has 1 unspecified atom stereocenters. The van der Waals surface area contributed by atoms with Gasteiger partial charge < -0.3 is 9.80 Å². The van der Waals surface area contributed by atoms with E-state index >= 15 is 0 Å². The summed E-state index contributed by atoms with van der Waals surface area (Å²) in [7, 11) is -1.13. The monoisotopic (exact) mass is 490 g/mol. The second kappa shape index (κ2) is 10.0. The Kier molecular flexibility index (Phi) is 7.28. The Hall–Kier alpha value is -2.13. The predicted octanol–water partition coefficient (Wildman–Crippen LogP) is 2.94. The van der Waals surface area contributed by atoms with Crippen LogP contribution in [0.1, 0.15) is 17.0 Å². The zero-order valence-corrected chi connectivity index (χ0v) is 20.7. The number of carbonyl (C=O) groups excluding carboxylic acids is 1. The maximum Gasteiger partial charge on any atom is 0.320 e. The molecule has 0 spiro atoms. The summed E-state index contributed by atoms with van der Waals surface area (Å²) in [5.41, 5.74) is 2.36. The molecule has 2 fully saturated rings. The summed E-state index contributed by atoms with van der Waals surface area (Å²) in [6, 6.07) is 18.4. The van der Waals surface area contributed by atoms with Crippen LogP contribution in [-0.2, 0) is 16.6 Å². The van der Waals surface area contributed by atoms with Gasteiger partial charge in [-0.05, 0) is 30.3 Å². The summed E-state index contributed by atoms with van der Waals surface area (Å²) in [4.78, 5) is 19.4. The standard InChI is InChI=1S/C24H31ClN4O3S/c1-26(16-19-7-6-10-21(25)15-19)23-18-28(17-22(23)20-8-4-3-5-9-20)24(30)27-11-13-29(14-12-27)33(2,31)32/h3-10,15,22-23H,11-14,16-18H2,1-2H3/t22-,23?/m1/s1. The maximum atomic E-state index is 13.4. The number of nitrogens with zero attached hydrogens (tertiary/aromatic N) is 4. The van der Waals surface area contributed by atoms with E-state index in [0.717, 1.165) is 17.1 Å². The molecule has 2 aliphatic rings. The molecule has 4 rings (SSSR count). The third kappa shape index (κ3) is 5.69. The van der Waals surface area contributed by atoms with Gasteiger partial charge >= 0.3 is 6.03 Å². The van der Waals surface area contributed by atoms with E-state index < -0.39 is 10.0 Å². The molecule has 9 heteroatoms. The van der Waals surface area contributed by atoms with Gasteiger partial charge in [0.25, 0.3) is 0 Å². The number of piperazine rings is 1. The van der Waals surface area contributed by atoms with Crippen molar-refractivity contribution in [3.8, 4) is 0 Å². The summed E-state index contributed by atoms with van der Waals surface area (Å²) in [5.74, 6) is 0.191. The minimum Gasteiger partial charge on any atom is -0.322 e. The van der Waals surface area contributed by atoms with Crippen molar-refractivity contribution < 1.29 is 13.2 Å². The van der Waals surface area contributed by atoms with Gasteiger partial charge in [-0.3, -0.25) is 4.90 Å². The van der Waals surface area contributed by atoms with Crippen molar-refractivity contribution in [1.29, 1.82) is 0 Å². The van der Waals surface area contributed by atoms with E-state index in [9.17, 15) is 13.2 Å². The number of benzene rings is 2. The smallest absolute Gasteiger partial charge is 0.320 e. The van der Waals surface area contributed by atoms with Crippen LogP contribution in [0.25, 0.3) is 0 Å². The molecule has 0 N–H and O–H groups in total. The van der Waals surface area contributed by atoms with Crippen LogP contribution in [0.15, 0.2) is 54.6 Å². The number of hydrogen-bond donors (Lipinski definition) is 0. The lowest BCUT2D eigenvalue weighted by atomic mass is 9.93. The Morgan fingerprint density at radius 3 is 2.33 bits per heavy atom. The van der Waals surface area contributed by atoms with Gasteiger partial charge in [0.15, 0.2) is 0 Å². The van der Waals surface area contributed by atoms with Crippen LogP contribution in [-0.4, -0.2) is 92.1 Å². The minimum atomic E-state index is -3.23. The Balaban J connectivity index is 1.48. The number of urea groups is 1.